The van der Waals surface area contributed by atoms with Gasteiger partial charge in [-0.3, -0.25) is 0 Å². The predicted octanol–water partition coefficient (Wildman–Crippen LogP) is 4.65. The highest BCUT2D eigenvalue weighted by Crippen LogP contribution is 2.29. The molecule has 0 atom stereocenters. The second-order valence-corrected chi connectivity index (χ2v) is 5.24. The fourth-order valence-corrected chi connectivity index (χ4v) is 2.32. The molecular formula is C17H19ClFNO. The Morgan fingerprint density at radius 3 is 2.67 bits per heavy atom. The molecule has 0 aromatic heterocycles. The molecule has 21 heavy (non-hydrogen) atoms. The minimum atomic E-state index is -0.302. The molecule has 0 fully saturated rings. The lowest BCUT2D eigenvalue weighted by molar-refractivity contribution is 0.411. The van der Waals surface area contributed by atoms with Crippen LogP contribution in [-0.2, 0) is 6.54 Å². The number of hydrogen-bond donors (Lipinski definition) is 1. The number of rotatable bonds is 6. The summed E-state index contributed by atoms with van der Waals surface area (Å²) in [5, 5.41) is 4.00. The zero-order valence-electron chi connectivity index (χ0n) is 12.2. The number of ether oxygens (including phenoxy) is 1. The van der Waals surface area contributed by atoms with Crippen LogP contribution in [0.3, 0.4) is 0 Å². The molecule has 1 N–H and O–H groups in total. The molecule has 4 heteroatoms. The van der Waals surface area contributed by atoms with Gasteiger partial charge >= 0.3 is 0 Å². The summed E-state index contributed by atoms with van der Waals surface area (Å²) < 4.78 is 19.2. The van der Waals surface area contributed by atoms with Crippen molar-refractivity contribution in [3.63, 3.8) is 0 Å². The molecule has 0 amide bonds. The van der Waals surface area contributed by atoms with E-state index in [4.69, 9.17) is 16.3 Å². The Hall–Kier alpha value is -1.58. The molecule has 0 spiro atoms. The maximum atomic E-state index is 14.1. The molecule has 2 aromatic carbocycles. The van der Waals surface area contributed by atoms with Crippen molar-refractivity contribution in [2.24, 2.45) is 0 Å². The summed E-state index contributed by atoms with van der Waals surface area (Å²) in [7, 11) is 1.52. The highest BCUT2D eigenvalue weighted by Gasteiger charge is 2.09. The Kier molecular flexibility index (Phi) is 5.59. The van der Waals surface area contributed by atoms with Crippen LogP contribution in [-0.4, -0.2) is 13.7 Å². The largest absolute Gasteiger partial charge is 0.497 e. The van der Waals surface area contributed by atoms with E-state index < -0.39 is 0 Å². The third-order valence-corrected chi connectivity index (χ3v) is 3.64. The Bertz CT molecular complexity index is 616. The van der Waals surface area contributed by atoms with Gasteiger partial charge in [0, 0.05) is 23.2 Å². The van der Waals surface area contributed by atoms with E-state index >= 15 is 0 Å². The molecule has 2 rings (SSSR count). The second-order valence-electron chi connectivity index (χ2n) is 4.83. The minimum absolute atomic E-state index is 0.302. The molecule has 0 aliphatic heterocycles. The van der Waals surface area contributed by atoms with Gasteiger partial charge in [0.15, 0.2) is 0 Å². The average molecular weight is 308 g/mol. The van der Waals surface area contributed by atoms with Gasteiger partial charge in [-0.05, 0) is 48.4 Å². The monoisotopic (exact) mass is 307 g/mol. The summed E-state index contributed by atoms with van der Waals surface area (Å²) in [6.07, 6.45) is 1.06. The summed E-state index contributed by atoms with van der Waals surface area (Å²) in [5.41, 5.74) is 2.33. The summed E-state index contributed by atoms with van der Waals surface area (Å²) in [6, 6.07) is 10.4. The minimum Gasteiger partial charge on any atom is -0.497 e. The third kappa shape index (κ3) is 3.96. The molecule has 0 aliphatic carbocycles. The van der Waals surface area contributed by atoms with Crippen molar-refractivity contribution >= 4 is 11.6 Å². The predicted molar refractivity (Wildman–Crippen MR) is 85.4 cm³/mol. The van der Waals surface area contributed by atoms with Gasteiger partial charge in [-0.25, -0.2) is 4.39 Å². The van der Waals surface area contributed by atoms with Crippen LogP contribution in [0.2, 0.25) is 5.02 Å². The summed E-state index contributed by atoms with van der Waals surface area (Å²) in [4.78, 5) is 0. The van der Waals surface area contributed by atoms with Crippen LogP contribution in [0.4, 0.5) is 4.39 Å². The van der Waals surface area contributed by atoms with Crippen LogP contribution < -0.4 is 10.1 Å². The molecule has 0 bridgehead atoms. The zero-order valence-corrected chi connectivity index (χ0v) is 13.0. The van der Waals surface area contributed by atoms with Crippen molar-refractivity contribution in [3.8, 4) is 16.9 Å². The van der Waals surface area contributed by atoms with Crippen molar-refractivity contribution in [2.45, 2.75) is 19.9 Å². The molecule has 0 saturated carbocycles. The van der Waals surface area contributed by atoms with E-state index in [1.807, 2.05) is 18.2 Å². The van der Waals surface area contributed by atoms with E-state index in [1.54, 1.807) is 12.1 Å². The third-order valence-electron chi connectivity index (χ3n) is 3.28. The number of halogens is 2. The molecule has 2 aromatic rings. The quantitative estimate of drug-likeness (QED) is 0.784. The summed E-state index contributed by atoms with van der Waals surface area (Å²) in [6.45, 7) is 3.72. The van der Waals surface area contributed by atoms with Gasteiger partial charge in [-0.1, -0.05) is 24.6 Å². The van der Waals surface area contributed by atoms with Gasteiger partial charge in [0.1, 0.15) is 11.6 Å². The number of benzene rings is 2. The van der Waals surface area contributed by atoms with E-state index in [2.05, 4.69) is 12.2 Å². The van der Waals surface area contributed by atoms with Crippen LogP contribution in [0.5, 0.6) is 5.75 Å². The molecule has 0 heterocycles. The van der Waals surface area contributed by atoms with E-state index in [0.29, 0.717) is 22.9 Å². The first kappa shape index (κ1) is 15.8. The van der Waals surface area contributed by atoms with E-state index in [9.17, 15) is 4.39 Å². The Morgan fingerprint density at radius 2 is 2.00 bits per heavy atom. The Morgan fingerprint density at radius 1 is 1.19 bits per heavy atom. The lowest BCUT2D eigenvalue weighted by Gasteiger charge is -2.10. The van der Waals surface area contributed by atoms with Gasteiger partial charge in [0.25, 0.3) is 0 Å². The maximum Gasteiger partial charge on any atom is 0.134 e. The molecule has 0 aliphatic rings. The van der Waals surface area contributed by atoms with Crippen molar-refractivity contribution in [2.75, 3.05) is 13.7 Å². The Labute approximate surface area is 129 Å². The fourth-order valence-electron chi connectivity index (χ4n) is 2.13. The summed E-state index contributed by atoms with van der Waals surface area (Å²) in [5.74, 6) is 0.208. The van der Waals surface area contributed by atoms with E-state index in [-0.39, 0.29) is 5.82 Å². The first-order valence-corrected chi connectivity index (χ1v) is 7.36. The molecular weight excluding hydrogens is 289 g/mol. The standard InChI is InChI=1S/C17H19ClFNO/c1-3-8-20-11-13-9-12(4-7-16(13)18)15-6-5-14(21-2)10-17(15)19/h4-7,9-10,20H,3,8,11H2,1-2H3. The molecule has 0 saturated heterocycles. The van der Waals surface area contributed by atoms with Crippen molar-refractivity contribution < 1.29 is 9.13 Å². The first-order valence-electron chi connectivity index (χ1n) is 6.98. The topological polar surface area (TPSA) is 21.3 Å². The van der Waals surface area contributed by atoms with Crippen LogP contribution in [0.15, 0.2) is 36.4 Å². The zero-order chi connectivity index (χ0) is 15.2. The van der Waals surface area contributed by atoms with Crippen LogP contribution in [0.25, 0.3) is 11.1 Å². The first-order chi connectivity index (χ1) is 10.2. The van der Waals surface area contributed by atoms with Crippen molar-refractivity contribution in [1.82, 2.24) is 5.32 Å². The van der Waals surface area contributed by atoms with Gasteiger partial charge in [0.05, 0.1) is 7.11 Å². The molecule has 2 nitrogen and oxygen atoms in total. The Balaban J connectivity index is 2.29. The molecule has 112 valence electrons. The highest BCUT2D eigenvalue weighted by molar-refractivity contribution is 6.31. The smallest absolute Gasteiger partial charge is 0.134 e. The average Bonchev–Trinajstić information content (AvgIpc) is 2.49. The fraction of sp³-hybridized carbons (Fsp3) is 0.294. The van der Waals surface area contributed by atoms with Crippen molar-refractivity contribution in [1.29, 1.82) is 0 Å². The van der Waals surface area contributed by atoms with Crippen LogP contribution in [0.1, 0.15) is 18.9 Å². The number of nitrogens with one attached hydrogen (secondary N) is 1. The van der Waals surface area contributed by atoms with Gasteiger partial charge in [0.2, 0.25) is 0 Å². The van der Waals surface area contributed by atoms with Gasteiger partial charge in [-0.2, -0.15) is 0 Å². The lowest BCUT2D eigenvalue weighted by atomic mass is 10.0. The van der Waals surface area contributed by atoms with E-state index in [0.717, 1.165) is 24.1 Å². The number of methoxy groups -OCH3 is 1. The van der Waals surface area contributed by atoms with E-state index in [1.165, 1.54) is 13.2 Å². The highest BCUT2D eigenvalue weighted by atomic mass is 35.5. The summed E-state index contributed by atoms with van der Waals surface area (Å²) >= 11 is 6.20. The second kappa shape index (κ2) is 7.43. The maximum absolute atomic E-state index is 14.1. The van der Waals surface area contributed by atoms with Crippen LogP contribution >= 0.6 is 11.6 Å². The number of hydrogen-bond acceptors (Lipinski definition) is 2. The normalized spacial score (nSPS) is 10.7. The lowest BCUT2D eigenvalue weighted by Crippen LogP contribution is -2.14. The van der Waals surface area contributed by atoms with Gasteiger partial charge < -0.3 is 10.1 Å². The van der Waals surface area contributed by atoms with Crippen LogP contribution in [0, 0.1) is 5.82 Å². The molecule has 0 unspecified atom stereocenters. The van der Waals surface area contributed by atoms with Crippen molar-refractivity contribution in [3.05, 3.63) is 52.8 Å². The molecule has 0 radical (unpaired) electrons. The SMILES string of the molecule is CCCNCc1cc(-c2ccc(OC)cc2F)ccc1Cl. The van der Waals surface area contributed by atoms with Gasteiger partial charge in [-0.15, -0.1) is 0 Å².